The summed E-state index contributed by atoms with van der Waals surface area (Å²) >= 11 is 0. The molecule has 2 aromatic rings. The van der Waals surface area contributed by atoms with Gasteiger partial charge in [-0.05, 0) is 55.1 Å². The number of likely N-dealkylation sites (tertiary alicyclic amines) is 1. The number of amides is 1. The molecule has 2 saturated heterocycles. The molecule has 2 aromatic carbocycles. The van der Waals surface area contributed by atoms with Crippen molar-refractivity contribution in [3.05, 3.63) is 60.4 Å². The Morgan fingerprint density at radius 3 is 2.58 bits per heavy atom. The number of carbonyl (C=O) groups excluding carboxylic acids is 1. The van der Waals surface area contributed by atoms with E-state index in [0.717, 1.165) is 5.69 Å². The largest absolute Gasteiger partial charge is 0.343 e. The summed E-state index contributed by atoms with van der Waals surface area (Å²) in [5.74, 6) is 0.453. The van der Waals surface area contributed by atoms with Gasteiger partial charge in [-0.1, -0.05) is 38.1 Å². The number of benzene rings is 2. The van der Waals surface area contributed by atoms with E-state index in [1.54, 1.807) is 6.07 Å². The van der Waals surface area contributed by atoms with Crippen molar-refractivity contribution in [1.82, 2.24) is 10.2 Å². The van der Waals surface area contributed by atoms with Crippen LogP contribution in [-0.2, 0) is 4.79 Å². The summed E-state index contributed by atoms with van der Waals surface area (Å²) in [7, 11) is 0. The van der Waals surface area contributed by atoms with Crippen LogP contribution in [0.15, 0.2) is 59.6 Å². The first-order chi connectivity index (χ1) is 15.8. The minimum Gasteiger partial charge on any atom is -0.343 e. The van der Waals surface area contributed by atoms with Crippen LogP contribution in [0.5, 0.6) is 0 Å². The number of nitrogens with two attached hydrogens (primary N) is 1. The van der Waals surface area contributed by atoms with Crippen LogP contribution in [0.1, 0.15) is 26.7 Å². The number of nitrogens with zero attached hydrogens (tertiary/aromatic N) is 3. The van der Waals surface area contributed by atoms with E-state index in [-0.39, 0.29) is 17.1 Å². The first-order valence-electron chi connectivity index (χ1n) is 11.5. The zero-order valence-electron chi connectivity index (χ0n) is 19.4. The molecular weight excluding hydrogens is 419 g/mol. The molecule has 0 atom stereocenters. The van der Waals surface area contributed by atoms with E-state index in [2.05, 4.69) is 34.3 Å². The van der Waals surface area contributed by atoms with Crippen molar-refractivity contribution >= 4 is 23.2 Å². The summed E-state index contributed by atoms with van der Waals surface area (Å²) in [6.45, 7) is 7.01. The Morgan fingerprint density at radius 2 is 1.91 bits per heavy atom. The topological polar surface area (TPSA) is 86.0 Å². The molecule has 1 spiro atoms. The van der Waals surface area contributed by atoms with Gasteiger partial charge in [0.25, 0.3) is 0 Å². The van der Waals surface area contributed by atoms with Crippen molar-refractivity contribution in [1.29, 1.82) is 0 Å². The van der Waals surface area contributed by atoms with Crippen molar-refractivity contribution in [3.63, 3.8) is 0 Å². The summed E-state index contributed by atoms with van der Waals surface area (Å²) in [5.41, 5.74) is 6.87. The normalized spacial score (nSPS) is 18.5. The summed E-state index contributed by atoms with van der Waals surface area (Å²) in [6, 6.07) is 16.4. The predicted octanol–water partition coefficient (Wildman–Crippen LogP) is 3.01. The predicted molar refractivity (Wildman–Crippen MR) is 131 cm³/mol. The van der Waals surface area contributed by atoms with E-state index >= 15 is 0 Å². The first-order valence-corrected chi connectivity index (χ1v) is 11.5. The van der Waals surface area contributed by atoms with Crippen LogP contribution in [0.3, 0.4) is 0 Å². The Kier molecular flexibility index (Phi) is 6.56. The summed E-state index contributed by atoms with van der Waals surface area (Å²) < 4.78 is 13.8. The van der Waals surface area contributed by atoms with Gasteiger partial charge in [0.1, 0.15) is 11.4 Å². The van der Waals surface area contributed by atoms with Crippen molar-refractivity contribution in [2.24, 2.45) is 16.1 Å². The Bertz CT molecular complexity index is 1000. The third-order valence-electron chi connectivity index (χ3n) is 6.59. The van der Waals surface area contributed by atoms with Gasteiger partial charge < -0.3 is 26.2 Å². The smallest absolute Gasteiger partial charge is 0.247 e. The molecule has 0 aliphatic carbocycles. The molecule has 8 heteroatoms. The number of hydrogen-bond donors (Lipinski definition) is 3. The summed E-state index contributed by atoms with van der Waals surface area (Å²) in [5, 5.41) is 6.34. The quantitative estimate of drug-likeness (QED) is 0.480. The molecule has 2 heterocycles. The second-order valence-corrected chi connectivity index (χ2v) is 9.59. The van der Waals surface area contributed by atoms with E-state index in [1.165, 1.54) is 12.1 Å². The van der Waals surface area contributed by atoms with E-state index in [0.29, 0.717) is 57.3 Å². The summed E-state index contributed by atoms with van der Waals surface area (Å²) in [4.78, 5) is 22.1. The lowest BCUT2D eigenvalue weighted by Crippen LogP contribution is -2.58. The van der Waals surface area contributed by atoms with Crippen LogP contribution >= 0.6 is 0 Å². The van der Waals surface area contributed by atoms with Gasteiger partial charge in [0, 0.05) is 31.0 Å². The van der Waals surface area contributed by atoms with Gasteiger partial charge in [0.05, 0.1) is 6.67 Å². The average Bonchev–Trinajstić information content (AvgIpc) is 3.13. The van der Waals surface area contributed by atoms with Gasteiger partial charge in [0.15, 0.2) is 5.96 Å². The van der Waals surface area contributed by atoms with E-state index in [9.17, 15) is 9.18 Å². The molecule has 2 aliphatic rings. The number of anilines is 2. The fraction of sp³-hybridized carbons (Fsp3) is 0.440. The lowest BCUT2D eigenvalue weighted by molar-refractivity contribution is -0.124. The number of para-hydroxylation sites is 1. The number of piperidine rings is 1. The monoisotopic (exact) mass is 452 g/mol. The maximum absolute atomic E-state index is 13.8. The molecule has 4 N–H and O–H groups in total. The zero-order valence-corrected chi connectivity index (χ0v) is 19.4. The van der Waals surface area contributed by atoms with Crippen LogP contribution in [-0.4, -0.2) is 55.2 Å². The zero-order chi connectivity index (χ0) is 23.5. The lowest BCUT2D eigenvalue weighted by Gasteiger charge is -2.44. The number of guanidine groups is 1. The number of aliphatic imine (C=N–C) groups is 1. The SMILES string of the molecule is CC(C)(CN)CN=C(Nc1cccc(F)c1)N1CCC2(CC1)C(=O)NCN2c1ccccc1. The molecule has 1 amide bonds. The van der Waals surface area contributed by atoms with Gasteiger partial charge in [-0.25, -0.2) is 4.39 Å². The highest BCUT2D eigenvalue weighted by molar-refractivity contribution is 5.96. The lowest BCUT2D eigenvalue weighted by atomic mass is 9.85. The fourth-order valence-corrected chi connectivity index (χ4v) is 4.39. The van der Waals surface area contributed by atoms with Gasteiger partial charge >= 0.3 is 0 Å². The molecule has 2 fully saturated rings. The second kappa shape index (κ2) is 9.39. The maximum Gasteiger partial charge on any atom is 0.247 e. The molecule has 7 nitrogen and oxygen atoms in total. The standard InChI is InChI=1S/C25H33FN6O/c1-24(2,16-27)17-28-23(30-20-8-6-7-19(26)15-20)31-13-11-25(12-14-31)22(33)29-18-32(25)21-9-4-3-5-10-21/h3-10,15H,11-14,16-18,27H2,1-2H3,(H,28,30)(H,29,33). The van der Waals surface area contributed by atoms with E-state index in [4.69, 9.17) is 10.7 Å². The Balaban J connectivity index is 1.54. The molecule has 0 bridgehead atoms. The first kappa shape index (κ1) is 23.0. The van der Waals surface area contributed by atoms with E-state index in [1.807, 2.05) is 36.4 Å². The van der Waals surface area contributed by atoms with Gasteiger partial charge in [-0.3, -0.25) is 9.79 Å². The number of halogens is 1. The van der Waals surface area contributed by atoms with Crippen LogP contribution in [0.4, 0.5) is 15.8 Å². The van der Waals surface area contributed by atoms with Gasteiger partial charge in [-0.15, -0.1) is 0 Å². The van der Waals surface area contributed by atoms with Crippen LogP contribution in [0, 0.1) is 11.2 Å². The molecule has 0 unspecified atom stereocenters. The Morgan fingerprint density at radius 1 is 1.18 bits per heavy atom. The Hall–Kier alpha value is -3.13. The highest BCUT2D eigenvalue weighted by atomic mass is 19.1. The van der Waals surface area contributed by atoms with Gasteiger partial charge in [0.2, 0.25) is 5.91 Å². The van der Waals surface area contributed by atoms with Crippen molar-refractivity contribution in [2.45, 2.75) is 32.2 Å². The molecule has 4 rings (SSSR count). The van der Waals surface area contributed by atoms with Crippen molar-refractivity contribution in [3.8, 4) is 0 Å². The molecule has 33 heavy (non-hydrogen) atoms. The van der Waals surface area contributed by atoms with Crippen LogP contribution in [0.2, 0.25) is 0 Å². The van der Waals surface area contributed by atoms with Crippen molar-refractivity contribution < 1.29 is 9.18 Å². The van der Waals surface area contributed by atoms with Gasteiger partial charge in [-0.2, -0.15) is 0 Å². The third-order valence-corrected chi connectivity index (χ3v) is 6.59. The molecule has 0 radical (unpaired) electrons. The van der Waals surface area contributed by atoms with Crippen molar-refractivity contribution in [2.75, 3.05) is 43.1 Å². The fourth-order valence-electron chi connectivity index (χ4n) is 4.39. The molecule has 0 aromatic heterocycles. The molecular formula is C25H33FN6O. The molecule has 2 aliphatic heterocycles. The number of hydrogen-bond acceptors (Lipinski definition) is 4. The Labute approximate surface area is 194 Å². The minimum atomic E-state index is -0.571. The second-order valence-electron chi connectivity index (χ2n) is 9.59. The summed E-state index contributed by atoms with van der Waals surface area (Å²) in [6.07, 6.45) is 1.33. The highest BCUT2D eigenvalue weighted by Crippen LogP contribution is 2.36. The van der Waals surface area contributed by atoms with Crippen LogP contribution in [0.25, 0.3) is 0 Å². The molecule has 0 saturated carbocycles. The van der Waals surface area contributed by atoms with Crippen LogP contribution < -0.4 is 21.3 Å². The number of carbonyl (C=O) groups is 1. The number of rotatable bonds is 5. The van der Waals surface area contributed by atoms with E-state index < -0.39 is 5.54 Å². The minimum absolute atomic E-state index is 0.0758. The highest BCUT2D eigenvalue weighted by Gasteiger charge is 2.50. The number of nitrogens with one attached hydrogen (secondary N) is 2. The maximum atomic E-state index is 13.8. The molecule has 176 valence electrons. The average molecular weight is 453 g/mol. The third kappa shape index (κ3) is 4.95.